The van der Waals surface area contributed by atoms with E-state index >= 15 is 0 Å². The van der Waals surface area contributed by atoms with Gasteiger partial charge in [0.2, 0.25) is 0 Å². The molecular weight excluding hydrogens is 308 g/mol. The Labute approximate surface area is 155 Å². The summed E-state index contributed by atoms with van der Waals surface area (Å²) in [5, 5.41) is 20.3. The van der Waals surface area contributed by atoms with Crippen molar-refractivity contribution in [2.24, 2.45) is 35.0 Å². The molecule has 3 aliphatic rings. The van der Waals surface area contributed by atoms with Gasteiger partial charge in [-0.3, -0.25) is 0 Å². The normalized spacial score (nSPS) is 45.9. The summed E-state index contributed by atoms with van der Waals surface area (Å²) in [6, 6.07) is 0. The van der Waals surface area contributed by atoms with Crippen molar-refractivity contribution in [1.82, 2.24) is 0 Å². The van der Waals surface area contributed by atoms with E-state index in [-0.39, 0.29) is 18.1 Å². The molecule has 0 aromatic carbocycles. The predicted octanol–water partition coefficient (Wildman–Crippen LogP) is 5.33. The van der Waals surface area contributed by atoms with Crippen molar-refractivity contribution >= 4 is 0 Å². The number of allylic oxidation sites excluding steroid dienone is 1. The summed E-state index contributed by atoms with van der Waals surface area (Å²) in [4.78, 5) is 0. The van der Waals surface area contributed by atoms with Crippen LogP contribution in [0.5, 0.6) is 0 Å². The lowest BCUT2D eigenvalue weighted by Crippen LogP contribution is -2.39. The maximum atomic E-state index is 10.2. The molecular formula is C23H40O2. The standard InChI is InChI=1S/C23H40O2/c1-5-15(2)19-10-11-20-18(7-6-12-23(19,20)4)9-8-17-13-21(24)16(3)22(25)14-17/h8,15-16,18-22,24-25H,5-7,9-14H2,1-4H3/t15-,16?,18?,19+,20-,21+,22+,23+/m0/s1. The number of aliphatic hydroxyl groups is 2. The molecule has 0 saturated heterocycles. The van der Waals surface area contributed by atoms with Crippen LogP contribution in [0, 0.1) is 35.0 Å². The molecule has 7 atom stereocenters. The molecule has 3 saturated carbocycles. The highest BCUT2D eigenvalue weighted by Crippen LogP contribution is 2.60. The van der Waals surface area contributed by atoms with Crippen LogP contribution in [0.1, 0.15) is 85.5 Å². The first-order valence-corrected chi connectivity index (χ1v) is 10.9. The molecule has 0 aromatic heterocycles. The molecule has 2 heteroatoms. The van der Waals surface area contributed by atoms with Crippen LogP contribution in [-0.4, -0.2) is 22.4 Å². The average molecular weight is 349 g/mol. The van der Waals surface area contributed by atoms with E-state index in [4.69, 9.17) is 0 Å². The fraction of sp³-hybridized carbons (Fsp3) is 0.913. The molecule has 3 fully saturated rings. The van der Waals surface area contributed by atoms with Crippen molar-refractivity contribution in [1.29, 1.82) is 0 Å². The summed E-state index contributed by atoms with van der Waals surface area (Å²) >= 11 is 0. The zero-order valence-electron chi connectivity index (χ0n) is 16.9. The van der Waals surface area contributed by atoms with Gasteiger partial charge in [-0.2, -0.15) is 0 Å². The number of fused-ring (bicyclic) bond motifs is 1. The summed E-state index contributed by atoms with van der Waals surface area (Å²) in [6.45, 7) is 9.38. The smallest absolute Gasteiger partial charge is 0.0627 e. The largest absolute Gasteiger partial charge is 0.392 e. The Kier molecular flexibility index (Phi) is 6.00. The maximum absolute atomic E-state index is 10.2. The summed E-state index contributed by atoms with van der Waals surface area (Å²) in [7, 11) is 0. The van der Waals surface area contributed by atoms with Crippen molar-refractivity contribution in [3.63, 3.8) is 0 Å². The molecule has 0 bridgehead atoms. The van der Waals surface area contributed by atoms with Crippen LogP contribution >= 0.6 is 0 Å². The van der Waals surface area contributed by atoms with E-state index in [0.717, 1.165) is 42.9 Å². The fourth-order valence-electron chi connectivity index (χ4n) is 6.62. The highest BCUT2D eigenvalue weighted by atomic mass is 16.3. The number of aliphatic hydroxyl groups excluding tert-OH is 2. The minimum Gasteiger partial charge on any atom is -0.392 e. The first-order chi connectivity index (χ1) is 11.9. The molecule has 3 aliphatic carbocycles. The Morgan fingerprint density at radius 1 is 1.16 bits per heavy atom. The fourth-order valence-corrected chi connectivity index (χ4v) is 6.62. The van der Waals surface area contributed by atoms with Crippen LogP contribution < -0.4 is 0 Å². The Hall–Kier alpha value is -0.340. The van der Waals surface area contributed by atoms with E-state index in [1.165, 1.54) is 44.1 Å². The zero-order chi connectivity index (χ0) is 18.2. The van der Waals surface area contributed by atoms with Gasteiger partial charge in [0.25, 0.3) is 0 Å². The van der Waals surface area contributed by atoms with Crippen molar-refractivity contribution in [2.45, 2.75) is 97.7 Å². The third kappa shape index (κ3) is 3.72. The van der Waals surface area contributed by atoms with Crippen LogP contribution in [0.4, 0.5) is 0 Å². The molecule has 0 radical (unpaired) electrons. The molecule has 0 aliphatic heterocycles. The van der Waals surface area contributed by atoms with Crippen LogP contribution in [0.2, 0.25) is 0 Å². The van der Waals surface area contributed by atoms with Crippen molar-refractivity contribution in [3.8, 4) is 0 Å². The molecule has 2 nitrogen and oxygen atoms in total. The molecule has 3 rings (SSSR count). The van der Waals surface area contributed by atoms with Gasteiger partial charge < -0.3 is 10.2 Å². The van der Waals surface area contributed by atoms with Gasteiger partial charge in [0.15, 0.2) is 0 Å². The van der Waals surface area contributed by atoms with E-state index in [2.05, 4.69) is 26.8 Å². The lowest BCUT2D eigenvalue weighted by Gasteiger charge is -2.47. The SMILES string of the molecule is CC[C@H](C)[C@H]1CC[C@H]2C(CC=C3C[C@@H](O)C(C)[C@H](O)C3)CCC[C@]12C. The lowest BCUT2D eigenvalue weighted by atomic mass is 9.58. The van der Waals surface area contributed by atoms with E-state index in [0.29, 0.717) is 5.41 Å². The van der Waals surface area contributed by atoms with Crippen LogP contribution in [0.25, 0.3) is 0 Å². The van der Waals surface area contributed by atoms with Crippen molar-refractivity contribution in [2.75, 3.05) is 0 Å². The lowest BCUT2D eigenvalue weighted by molar-refractivity contribution is 0.00345. The summed E-state index contributed by atoms with van der Waals surface area (Å²) < 4.78 is 0. The minimum atomic E-state index is -0.368. The second kappa shape index (κ2) is 7.72. The zero-order valence-corrected chi connectivity index (χ0v) is 16.9. The molecule has 0 spiro atoms. The number of hydrogen-bond donors (Lipinski definition) is 2. The maximum Gasteiger partial charge on any atom is 0.0627 e. The third-order valence-corrected chi connectivity index (χ3v) is 8.54. The van der Waals surface area contributed by atoms with Gasteiger partial charge in [0.1, 0.15) is 0 Å². The summed E-state index contributed by atoms with van der Waals surface area (Å²) in [5.74, 6) is 3.49. The topological polar surface area (TPSA) is 40.5 Å². The van der Waals surface area contributed by atoms with Crippen LogP contribution in [0.15, 0.2) is 11.6 Å². The quantitative estimate of drug-likeness (QED) is 0.674. The molecule has 0 aromatic rings. The molecule has 25 heavy (non-hydrogen) atoms. The highest BCUT2D eigenvalue weighted by molar-refractivity contribution is 5.11. The predicted molar refractivity (Wildman–Crippen MR) is 104 cm³/mol. The van der Waals surface area contributed by atoms with Gasteiger partial charge >= 0.3 is 0 Å². The second-order valence-corrected chi connectivity index (χ2v) is 9.83. The summed E-state index contributed by atoms with van der Waals surface area (Å²) in [6.07, 6.45) is 12.7. The van der Waals surface area contributed by atoms with Crippen LogP contribution in [-0.2, 0) is 0 Å². The number of hydrogen-bond acceptors (Lipinski definition) is 2. The van der Waals surface area contributed by atoms with Gasteiger partial charge in [0, 0.05) is 5.92 Å². The molecule has 0 amide bonds. The molecule has 144 valence electrons. The van der Waals surface area contributed by atoms with Gasteiger partial charge in [0.05, 0.1) is 12.2 Å². The Balaban J connectivity index is 1.67. The van der Waals surface area contributed by atoms with E-state index in [1.54, 1.807) is 0 Å². The van der Waals surface area contributed by atoms with Gasteiger partial charge in [-0.05, 0) is 74.0 Å². The molecule has 0 heterocycles. The van der Waals surface area contributed by atoms with Crippen molar-refractivity contribution in [3.05, 3.63) is 11.6 Å². The van der Waals surface area contributed by atoms with Gasteiger partial charge in [-0.1, -0.05) is 52.2 Å². The monoisotopic (exact) mass is 348 g/mol. The molecule has 2 N–H and O–H groups in total. The Bertz CT molecular complexity index is 470. The minimum absolute atomic E-state index is 0.0150. The van der Waals surface area contributed by atoms with Crippen molar-refractivity contribution < 1.29 is 10.2 Å². The van der Waals surface area contributed by atoms with E-state index < -0.39 is 0 Å². The van der Waals surface area contributed by atoms with Gasteiger partial charge in [-0.25, -0.2) is 0 Å². The Morgan fingerprint density at radius 3 is 2.48 bits per heavy atom. The second-order valence-electron chi connectivity index (χ2n) is 9.83. The Morgan fingerprint density at radius 2 is 1.84 bits per heavy atom. The van der Waals surface area contributed by atoms with E-state index in [1.807, 2.05) is 6.92 Å². The third-order valence-electron chi connectivity index (χ3n) is 8.54. The first-order valence-electron chi connectivity index (χ1n) is 10.9. The molecule has 1 unspecified atom stereocenters. The number of rotatable bonds is 4. The highest BCUT2D eigenvalue weighted by Gasteiger charge is 2.51. The van der Waals surface area contributed by atoms with Gasteiger partial charge in [-0.15, -0.1) is 0 Å². The first kappa shape index (κ1) is 19.4. The van der Waals surface area contributed by atoms with E-state index in [9.17, 15) is 10.2 Å². The van der Waals surface area contributed by atoms with Crippen LogP contribution in [0.3, 0.4) is 0 Å². The summed E-state index contributed by atoms with van der Waals surface area (Å²) in [5.41, 5.74) is 1.85. The average Bonchev–Trinajstić information content (AvgIpc) is 2.94.